The van der Waals surface area contributed by atoms with Gasteiger partial charge in [0, 0.05) is 70.5 Å². The summed E-state index contributed by atoms with van der Waals surface area (Å²) in [7, 11) is 0. The number of aliphatic carboxylic acids is 1. The first-order valence-corrected chi connectivity index (χ1v) is 18.2. The summed E-state index contributed by atoms with van der Waals surface area (Å²) < 4.78 is 0. The van der Waals surface area contributed by atoms with Crippen LogP contribution in [0, 0.1) is 0 Å². The average Bonchev–Trinajstić information content (AvgIpc) is 3.11. The van der Waals surface area contributed by atoms with E-state index in [1.54, 1.807) is 0 Å². The summed E-state index contributed by atoms with van der Waals surface area (Å²) in [5, 5.41) is 25.2. The van der Waals surface area contributed by atoms with E-state index in [-0.39, 0.29) is 5.91 Å². The van der Waals surface area contributed by atoms with Gasteiger partial charge in [-0.25, -0.2) is 0 Å². The number of amides is 1. The Bertz CT molecular complexity index is 823. The second-order valence-electron chi connectivity index (χ2n) is 9.79. The van der Waals surface area contributed by atoms with E-state index in [2.05, 4.69) is 75.2 Å². The average molecular weight is 781 g/mol. The molecule has 0 bridgehead atoms. The summed E-state index contributed by atoms with van der Waals surface area (Å²) in [6, 6.07) is 0. The first-order valence-electron chi connectivity index (χ1n) is 17.1. The quantitative estimate of drug-likeness (QED) is 0.0178. The molecule has 10 N–H and O–H groups in total. The zero-order valence-electron chi connectivity index (χ0n) is 30.5. The second kappa shape index (κ2) is 67.6. The van der Waals surface area contributed by atoms with Gasteiger partial charge in [0.05, 0.1) is 0 Å². The van der Waals surface area contributed by atoms with Crippen LogP contribution in [-0.4, -0.2) is 81.2 Å². The molecule has 0 spiro atoms. The van der Waals surface area contributed by atoms with Crippen molar-refractivity contribution in [3.05, 3.63) is 41.8 Å². The third-order valence-electron chi connectivity index (χ3n) is 5.24. The normalized spacial score (nSPS) is 8.54. The minimum absolute atomic E-state index is 0.104. The molecule has 0 heterocycles. The Morgan fingerprint density at radius 3 is 1.22 bits per heavy atom. The number of nitrogens with one attached hydrogen (secondary N) is 1. The molecule has 0 aliphatic heterocycles. The van der Waals surface area contributed by atoms with Crippen LogP contribution in [0.25, 0.3) is 41.8 Å². The molecule has 50 heavy (non-hydrogen) atoms. The third kappa shape index (κ3) is 96.8. The number of azide groups is 4. The van der Waals surface area contributed by atoms with E-state index >= 15 is 0 Å². The first kappa shape index (κ1) is 58.7. The number of unbranched alkanes of at least 4 members (excludes halogenated alkanes) is 6. The van der Waals surface area contributed by atoms with Crippen LogP contribution in [0.3, 0.4) is 0 Å². The predicted molar refractivity (Wildman–Crippen MR) is 207 cm³/mol. The van der Waals surface area contributed by atoms with Crippen LogP contribution in [-0.2, 0) is 9.59 Å². The van der Waals surface area contributed by atoms with Gasteiger partial charge in [0.2, 0.25) is 5.91 Å². The summed E-state index contributed by atoms with van der Waals surface area (Å²) in [6.45, 7) is 9.46. The van der Waals surface area contributed by atoms with Crippen molar-refractivity contribution in [1.29, 1.82) is 0 Å². The SMILES string of the molecule is CCCCCCC(=O)NCCCN=[N+]=[N-].CCCCCCC(=O)O.NCCCBr.[N-]=[N+]=NCCCN.[N-]=[N+]=NCCCN.[N-]=[N+]=NCCCN. The monoisotopic (exact) mass is 779 g/mol. The van der Waals surface area contributed by atoms with Crippen LogP contribution >= 0.6 is 15.9 Å². The maximum Gasteiger partial charge on any atom is 0.303 e. The van der Waals surface area contributed by atoms with Crippen molar-refractivity contribution in [3.8, 4) is 0 Å². The van der Waals surface area contributed by atoms with Gasteiger partial charge in [-0.15, -0.1) is 0 Å². The van der Waals surface area contributed by atoms with Gasteiger partial charge in [-0.3, -0.25) is 9.59 Å². The van der Waals surface area contributed by atoms with Crippen molar-refractivity contribution >= 4 is 27.8 Å². The van der Waals surface area contributed by atoms with Crippen LogP contribution in [0.1, 0.15) is 110 Å². The van der Waals surface area contributed by atoms with Crippen LogP contribution in [0.15, 0.2) is 20.5 Å². The lowest BCUT2D eigenvalue weighted by Gasteiger charge is -2.03. The van der Waals surface area contributed by atoms with E-state index in [1.165, 1.54) is 19.3 Å². The topological polar surface area (TPSA) is 366 Å². The van der Waals surface area contributed by atoms with Gasteiger partial charge in [-0.2, -0.15) is 0 Å². The number of hydrogen-bond acceptors (Lipinski definition) is 10. The van der Waals surface area contributed by atoms with Crippen molar-refractivity contribution in [2.24, 2.45) is 43.4 Å². The molecule has 0 radical (unpaired) electrons. The lowest BCUT2D eigenvalue weighted by molar-refractivity contribution is -0.137. The molecule has 0 rings (SSSR count). The van der Waals surface area contributed by atoms with E-state index in [1.807, 2.05) is 0 Å². The van der Waals surface area contributed by atoms with E-state index < -0.39 is 5.97 Å². The highest BCUT2D eigenvalue weighted by Crippen LogP contribution is 2.02. The maximum absolute atomic E-state index is 11.2. The van der Waals surface area contributed by atoms with Crippen molar-refractivity contribution in [2.75, 3.05) is 64.2 Å². The number of carboxylic acids is 1. The molecule has 0 unspecified atom stereocenters. The number of alkyl halides is 1. The van der Waals surface area contributed by atoms with Gasteiger partial charge in [0.1, 0.15) is 0 Å². The van der Waals surface area contributed by atoms with Crippen molar-refractivity contribution in [1.82, 2.24) is 5.32 Å². The van der Waals surface area contributed by atoms with Crippen LogP contribution in [0.2, 0.25) is 0 Å². The fourth-order valence-electron chi connectivity index (χ4n) is 2.62. The molecule has 0 aliphatic carbocycles. The van der Waals surface area contributed by atoms with Gasteiger partial charge in [-0.1, -0.05) is 88.8 Å². The van der Waals surface area contributed by atoms with Gasteiger partial charge < -0.3 is 33.4 Å². The summed E-state index contributed by atoms with van der Waals surface area (Å²) in [6.07, 6.45) is 13.8. The largest absolute Gasteiger partial charge is 0.481 e. The molecule has 0 atom stereocenters. The highest BCUT2D eigenvalue weighted by molar-refractivity contribution is 9.09. The third-order valence-corrected chi connectivity index (χ3v) is 5.80. The lowest BCUT2D eigenvalue weighted by atomic mass is 10.1. The lowest BCUT2D eigenvalue weighted by Crippen LogP contribution is -2.24. The van der Waals surface area contributed by atoms with E-state index in [0.29, 0.717) is 71.6 Å². The molecule has 0 aliphatic rings. The predicted octanol–water partition coefficient (Wildman–Crippen LogP) is 7.48. The Kier molecular flexibility index (Phi) is 79.4. The molecule has 0 saturated carbocycles. The molecule has 292 valence electrons. The molecule has 0 fully saturated rings. The van der Waals surface area contributed by atoms with Gasteiger partial charge in [0.25, 0.3) is 0 Å². The van der Waals surface area contributed by atoms with Gasteiger partial charge in [0.15, 0.2) is 0 Å². The van der Waals surface area contributed by atoms with Crippen molar-refractivity contribution in [3.63, 3.8) is 0 Å². The summed E-state index contributed by atoms with van der Waals surface area (Å²) in [5.41, 5.74) is 51.5. The minimum Gasteiger partial charge on any atom is -0.481 e. The highest BCUT2D eigenvalue weighted by atomic mass is 79.9. The van der Waals surface area contributed by atoms with Crippen LogP contribution in [0.4, 0.5) is 0 Å². The number of nitrogens with two attached hydrogens (primary N) is 4. The fraction of sp³-hybridized carbons (Fsp3) is 0.931. The van der Waals surface area contributed by atoms with E-state index in [9.17, 15) is 9.59 Å². The van der Waals surface area contributed by atoms with Gasteiger partial charge >= 0.3 is 5.97 Å². The Balaban J connectivity index is -0.000000121. The molecule has 1 amide bonds. The Labute approximate surface area is 306 Å². The number of nitrogens with zero attached hydrogens (tertiary/aromatic N) is 12. The number of hydrogen-bond donors (Lipinski definition) is 6. The molecule has 0 aromatic carbocycles. The Morgan fingerprint density at radius 1 is 0.580 bits per heavy atom. The summed E-state index contributed by atoms with van der Waals surface area (Å²) in [5.74, 6) is -0.571. The standard InChI is InChI=1S/C10H20N4O.C7H14O2.C3H8BrN.3C3H8N4/c1-2-3-4-5-7-10(15)12-8-6-9-13-14-11;1-2-3-4-5-6-7(8)9;4-2-1-3-5;3*4-2-1-3-6-7-5/h2-9H2,1H3,(H,12,15);2-6H2,1H3,(H,8,9);1-3,5H2;3*1-4H2. The molecule has 20 nitrogen and oxygen atoms in total. The number of halogens is 1. The van der Waals surface area contributed by atoms with E-state index in [4.69, 9.17) is 50.2 Å². The van der Waals surface area contributed by atoms with Crippen LogP contribution in [0.5, 0.6) is 0 Å². The molecular weight excluding hydrogens is 714 g/mol. The smallest absolute Gasteiger partial charge is 0.303 e. The van der Waals surface area contributed by atoms with Gasteiger partial charge in [-0.05, 0) is 93.2 Å². The fourth-order valence-corrected chi connectivity index (χ4v) is 2.95. The number of carbonyl (C=O) groups is 2. The number of carbonyl (C=O) groups excluding carboxylic acids is 1. The summed E-state index contributed by atoms with van der Waals surface area (Å²) in [4.78, 5) is 31.4. The molecule has 0 aromatic rings. The van der Waals surface area contributed by atoms with Crippen molar-refractivity contribution < 1.29 is 14.7 Å². The Hall–Kier alpha value is -3.50. The summed E-state index contributed by atoms with van der Waals surface area (Å²) >= 11 is 3.23. The Morgan fingerprint density at radius 2 is 0.940 bits per heavy atom. The number of carboxylic acid groups (broad SMARTS) is 1. The second-order valence-corrected chi connectivity index (χ2v) is 10.6. The minimum atomic E-state index is -0.675. The molecule has 0 saturated heterocycles. The highest BCUT2D eigenvalue weighted by Gasteiger charge is 1.99. The molecular formula is C29H66BrN17O3. The first-order chi connectivity index (χ1) is 24.2. The molecule has 0 aromatic heterocycles. The van der Waals surface area contributed by atoms with Crippen LogP contribution < -0.4 is 28.3 Å². The zero-order chi connectivity index (χ0) is 39.2. The number of rotatable bonds is 25. The maximum atomic E-state index is 11.2. The molecule has 21 heteroatoms. The van der Waals surface area contributed by atoms with E-state index in [0.717, 1.165) is 69.7 Å². The van der Waals surface area contributed by atoms with Crippen molar-refractivity contribution in [2.45, 2.75) is 110 Å². The zero-order valence-corrected chi connectivity index (χ0v) is 32.1.